The summed E-state index contributed by atoms with van der Waals surface area (Å²) >= 11 is 4.02. The Bertz CT molecular complexity index is 1850. The average molecular weight is 1130 g/mol. The van der Waals surface area contributed by atoms with Gasteiger partial charge in [-0.05, 0) is 153 Å². The number of carboxylic acid groups (broad SMARTS) is 1. The van der Waals surface area contributed by atoms with Crippen molar-refractivity contribution >= 4 is 71.8 Å². The van der Waals surface area contributed by atoms with Gasteiger partial charge in [0.2, 0.25) is 47.3 Å². The van der Waals surface area contributed by atoms with Crippen LogP contribution in [0, 0.1) is 23.2 Å². The molecular weight excluding hydrogens is 1030 g/mol. The molecule has 0 rings (SSSR count). The van der Waals surface area contributed by atoms with Crippen LogP contribution in [0.4, 0.5) is 0 Å². The van der Waals surface area contributed by atoms with Crippen LogP contribution in [0.1, 0.15) is 151 Å². The number of unbranched alkanes of at least 4 members (excludes halogenated alkanes) is 4. The minimum atomic E-state index is -1.32. The normalized spacial score (nSPS) is 14.8. The van der Waals surface area contributed by atoms with Crippen LogP contribution < -0.4 is 82.3 Å². The Labute approximate surface area is 467 Å². The number of thiol groups is 1. The van der Waals surface area contributed by atoms with Crippen LogP contribution >= 0.6 is 12.6 Å². The van der Waals surface area contributed by atoms with Crippen LogP contribution in [0.3, 0.4) is 0 Å². The van der Waals surface area contributed by atoms with Crippen molar-refractivity contribution in [2.24, 2.45) is 52.2 Å². The minimum absolute atomic E-state index is 0.0957. The molecule has 23 N–H and O–H groups in total. The molecule has 0 heterocycles. The number of aliphatic carboxylic acids is 1. The van der Waals surface area contributed by atoms with Gasteiger partial charge in [0.05, 0.1) is 6.04 Å². The van der Waals surface area contributed by atoms with Gasteiger partial charge in [-0.15, -0.1) is 0 Å². The van der Waals surface area contributed by atoms with E-state index in [2.05, 4.69) is 60.5 Å². The molecule has 0 aliphatic rings. The standard InChI is InChI=1S/C51H100N16O10S/c1-30(2)26-38(64-44(70)34(17-7-11-21-52)60-42(68)33(56)16-15-25-59-51(57)58)47(73)62-35(18-8-12-22-53)43(69)61-36(19-9-13-23-54)45(71)65-40(28-32(5)6)49(75)66-39(27-31(3)4)48(74)63-37(20-10-14-24-55)46(72)67-41(29-78)50(76)77/h30-41,78H,7-29,52-56H2,1-6H3,(H,60,68)(H,61,69)(H,62,73)(H,63,74)(H,64,70)(H,65,71)(H,66,75)(H,67,72)(H,76,77)(H4,57,58,59)/t33-,34-,35-,36-,37-,38-,39-,40-,41-/m0/s1. The molecule has 450 valence electrons. The van der Waals surface area contributed by atoms with Gasteiger partial charge < -0.3 is 87.4 Å². The molecule has 0 fully saturated rings. The molecule has 27 heteroatoms. The predicted molar refractivity (Wildman–Crippen MR) is 304 cm³/mol. The highest BCUT2D eigenvalue weighted by molar-refractivity contribution is 7.80. The number of nitrogens with two attached hydrogens (primary N) is 6. The summed E-state index contributed by atoms with van der Waals surface area (Å²) in [4.78, 5) is 123. The van der Waals surface area contributed by atoms with Crippen molar-refractivity contribution in [3.05, 3.63) is 0 Å². The zero-order valence-electron chi connectivity index (χ0n) is 47.2. The minimum Gasteiger partial charge on any atom is -0.480 e. The first-order valence-corrected chi connectivity index (χ1v) is 28.4. The van der Waals surface area contributed by atoms with Gasteiger partial charge in [-0.3, -0.25) is 43.8 Å². The molecule has 26 nitrogen and oxygen atoms in total. The molecule has 0 bridgehead atoms. The Hall–Kier alpha value is -5.35. The quantitative estimate of drug-likeness (QED) is 0.0137. The van der Waals surface area contributed by atoms with Crippen LogP contribution in [0.15, 0.2) is 0 Å². The molecule has 0 saturated heterocycles. The van der Waals surface area contributed by atoms with E-state index in [0.717, 1.165) is 0 Å². The lowest BCUT2D eigenvalue weighted by Crippen LogP contribution is -2.60. The van der Waals surface area contributed by atoms with Gasteiger partial charge in [0, 0.05) is 12.3 Å². The molecule has 0 aliphatic carbocycles. The summed E-state index contributed by atoms with van der Waals surface area (Å²) in [5.74, 6) is -7.65. The second kappa shape index (κ2) is 41.7. The average Bonchev–Trinajstić information content (AvgIpc) is 3.36. The number of nitrogens with one attached hydrogen (secondary N) is 10. The molecule has 0 saturated carbocycles. The molecule has 0 aromatic heterocycles. The van der Waals surface area contributed by atoms with Crippen molar-refractivity contribution in [3.8, 4) is 0 Å². The number of amides is 8. The fourth-order valence-electron chi connectivity index (χ4n) is 8.20. The number of hydrogen-bond donors (Lipinski definition) is 18. The lowest BCUT2D eigenvalue weighted by atomic mass is 9.98. The monoisotopic (exact) mass is 1130 g/mol. The van der Waals surface area contributed by atoms with E-state index in [1.807, 2.05) is 41.5 Å². The maximum atomic E-state index is 14.4. The summed E-state index contributed by atoms with van der Waals surface area (Å²) in [6, 6.07) is -10.5. The molecule has 9 atom stereocenters. The Balaban J connectivity index is 6.76. The van der Waals surface area contributed by atoms with Crippen molar-refractivity contribution in [2.75, 3.05) is 38.5 Å². The van der Waals surface area contributed by atoms with Gasteiger partial charge in [-0.25, -0.2) is 4.79 Å². The molecule has 8 amide bonds. The molecule has 0 unspecified atom stereocenters. The number of carbonyl (C=O) groups excluding carboxylic acids is 8. The van der Waals surface area contributed by atoms with E-state index in [1.54, 1.807) is 0 Å². The van der Waals surface area contributed by atoms with Crippen LogP contribution in [0.5, 0.6) is 0 Å². The molecule has 0 aromatic carbocycles. The Morgan fingerprint density at radius 3 is 0.910 bits per heavy atom. The van der Waals surface area contributed by atoms with E-state index in [9.17, 15) is 48.3 Å². The van der Waals surface area contributed by atoms with E-state index in [0.29, 0.717) is 84.0 Å². The molecular formula is C51H100N16O10S. The third-order valence-corrected chi connectivity index (χ3v) is 12.8. The van der Waals surface area contributed by atoms with E-state index in [1.165, 1.54) is 0 Å². The smallest absolute Gasteiger partial charge is 0.327 e. The Morgan fingerprint density at radius 2 is 0.667 bits per heavy atom. The number of guanidine groups is 1. The predicted octanol–water partition coefficient (Wildman–Crippen LogP) is -1.88. The van der Waals surface area contributed by atoms with Crippen LogP contribution in [-0.4, -0.2) is 157 Å². The lowest BCUT2D eigenvalue weighted by molar-refractivity contribution is -0.141. The van der Waals surface area contributed by atoms with Crippen molar-refractivity contribution in [1.29, 1.82) is 5.41 Å². The van der Waals surface area contributed by atoms with Crippen LogP contribution in [0.2, 0.25) is 0 Å². The Morgan fingerprint density at radius 1 is 0.410 bits per heavy atom. The van der Waals surface area contributed by atoms with Crippen molar-refractivity contribution in [2.45, 2.75) is 205 Å². The third-order valence-electron chi connectivity index (χ3n) is 12.5. The first-order chi connectivity index (χ1) is 36.8. The Kier molecular flexibility index (Phi) is 38.8. The summed E-state index contributed by atoms with van der Waals surface area (Å²) in [6.07, 6.45) is 5.35. The maximum absolute atomic E-state index is 14.4. The number of carbonyl (C=O) groups is 9. The summed E-state index contributed by atoms with van der Waals surface area (Å²) < 4.78 is 0. The van der Waals surface area contributed by atoms with Crippen molar-refractivity contribution in [3.63, 3.8) is 0 Å². The maximum Gasteiger partial charge on any atom is 0.327 e. The van der Waals surface area contributed by atoms with Gasteiger partial charge in [-0.2, -0.15) is 12.6 Å². The first-order valence-electron chi connectivity index (χ1n) is 27.8. The van der Waals surface area contributed by atoms with Crippen LogP contribution in [-0.2, 0) is 43.2 Å². The highest BCUT2D eigenvalue weighted by Crippen LogP contribution is 2.14. The number of hydrogen-bond acceptors (Lipinski definition) is 16. The molecule has 0 radical (unpaired) electrons. The second-order valence-corrected chi connectivity index (χ2v) is 21.5. The largest absolute Gasteiger partial charge is 0.480 e. The van der Waals surface area contributed by atoms with E-state index in [-0.39, 0.29) is 87.4 Å². The van der Waals surface area contributed by atoms with Gasteiger partial charge in [0.1, 0.15) is 48.3 Å². The summed E-state index contributed by atoms with van der Waals surface area (Å²) in [7, 11) is 0. The zero-order valence-corrected chi connectivity index (χ0v) is 48.1. The van der Waals surface area contributed by atoms with Gasteiger partial charge in [0.15, 0.2) is 5.96 Å². The van der Waals surface area contributed by atoms with E-state index < -0.39 is 108 Å². The fourth-order valence-corrected chi connectivity index (χ4v) is 8.45. The molecule has 78 heavy (non-hydrogen) atoms. The van der Waals surface area contributed by atoms with Crippen LogP contribution in [0.25, 0.3) is 0 Å². The summed E-state index contributed by atoms with van der Waals surface area (Å²) in [6.45, 7) is 12.6. The van der Waals surface area contributed by atoms with Gasteiger partial charge >= 0.3 is 5.97 Å². The highest BCUT2D eigenvalue weighted by Gasteiger charge is 2.35. The van der Waals surface area contributed by atoms with Crippen molar-refractivity contribution in [1.82, 2.24) is 47.9 Å². The summed E-state index contributed by atoms with van der Waals surface area (Å²) in [5, 5.41) is 41.2. The molecule has 0 aromatic rings. The molecule has 0 aliphatic heterocycles. The fraction of sp³-hybridized carbons (Fsp3) is 0.804. The van der Waals surface area contributed by atoms with E-state index in [4.69, 9.17) is 39.8 Å². The zero-order chi connectivity index (χ0) is 59.3. The second-order valence-electron chi connectivity index (χ2n) is 21.1. The molecule has 0 spiro atoms. The van der Waals surface area contributed by atoms with Crippen molar-refractivity contribution < 1.29 is 48.3 Å². The topological polar surface area (TPSA) is 462 Å². The number of carboxylic acids is 1. The SMILES string of the molecule is CC(C)C[C@H](NC(=O)[C@H](CC(C)C)NC(=O)[C@H](CCCCN)NC(=O)[C@H](CCCCN)NC(=O)[C@H](CC(C)C)NC(=O)[C@H](CCCCN)NC(=O)[C@@H](N)CCCNC(=N)N)C(=O)N[C@@H](CCCCN)C(=O)N[C@@H](CS)C(=O)O. The third kappa shape index (κ3) is 31.9. The number of rotatable bonds is 44. The van der Waals surface area contributed by atoms with E-state index >= 15 is 0 Å². The highest BCUT2D eigenvalue weighted by atomic mass is 32.1. The lowest BCUT2D eigenvalue weighted by Gasteiger charge is -2.29. The van der Waals surface area contributed by atoms with Gasteiger partial charge in [0.25, 0.3) is 0 Å². The first kappa shape index (κ1) is 72.6. The van der Waals surface area contributed by atoms with Gasteiger partial charge in [-0.1, -0.05) is 41.5 Å². The summed E-state index contributed by atoms with van der Waals surface area (Å²) in [5.41, 5.74) is 34.5.